The molecule has 5 atom stereocenters. The maximum Gasteiger partial charge on any atom is 0.326 e. The number of carboxylic acids is 1. The fourth-order valence-corrected chi connectivity index (χ4v) is 6.56. The molecule has 0 aliphatic rings. The smallest absolute Gasteiger partial charge is 0.326 e. The van der Waals surface area contributed by atoms with Crippen molar-refractivity contribution >= 4 is 51.3 Å². The number of nitrogens with one attached hydrogen (secondary N) is 5. The number of aromatic amines is 1. The molecule has 0 aliphatic carbocycles. The topological polar surface area (TPSA) is 262 Å². The van der Waals surface area contributed by atoms with Crippen LogP contribution in [-0.4, -0.2) is 93.3 Å². The lowest BCUT2D eigenvalue weighted by Crippen LogP contribution is -2.59. The minimum absolute atomic E-state index is 0.0279. The Morgan fingerprint density at radius 1 is 0.649 bits per heavy atom. The summed E-state index contributed by atoms with van der Waals surface area (Å²) in [7, 11) is 0. The van der Waals surface area contributed by atoms with Gasteiger partial charge >= 0.3 is 5.97 Å². The minimum atomic E-state index is -1.55. The molecule has 5 aromatic rings. The van der Waals surface area contributed by atoms with E-state index < -0.39 is 66.4 Å². The van der Waals surface area contributed by atoms with E-state index >= 15 is 0 Å². The number of aliphatic hydroxyl groups is 1. The normalized spacial score (nSPS) is 13.9. The molecule has 300 valence electrons. The first kappa shape index (κ1) is 41.9. The lowest BCUT2D eigenvalue weighted by atomic mass is 10.0. The molecule has 5 rings (SSSR count). The van der Waals surface area contributed by atoms with Crippen LogP contribution in [-0.2, 0) is 43.2 Å². The van der Waals surface area contributed by atoms with E-state index in [1.54, 1.807) is 24.4 Å². The number of benzene rings is 4. The minimum Gasteiger partial charge on any atom is -0.508 e. The van der Waals surface area contributed by atoms with Crippen LogP contribution in [0.4, 0.5) is 0 Å². The number of aliphatic carboxylic acids is 1. The van der Waals surface area contributed by atoms with Crippen LogP contribution in [0.15, 0.2) is 97.2 Å². The number of rotatable bonds is 20. The largest absolute Gasteiger partial charge is 0.508 e. The number of hydrogen-bond donors (Lipinski definition) is 10. The molecule has 0 saturated heterocycles. The van der Waals surface area contributed by atoms with Crippen LogP contribution in [0.1, 0.15) is 36.0 Å². The highest BCUT2D eigenvalue weighted by molar-refractivity contribution is 5.96. The van der Waals surface area contributed by atoms with E-state index in [4.69, 9.17) is 11.5 Å². The fourth-order valence-electron chi connectivity index (χ4n) is 6.56. The summed E-state index contributed by atoms with van der Waals surface area (Å²) in [6, 6.07) is 20.3. The third-order valence-electron chi connectivity index (χ3n) is 9.72. The fraction of sp³-hybridized carbons (Fsp3) is 0.310. The Morgan fingerprint density at radius 2 is 1.26 bits per heavy atom. The van der Waals surface area contributed by atoms with Gasteiger partial charge in [-0.05, 0) is 77.9 Å². The molecule has 12 N–H and O–H groups in total. The van der Waals surface area contributed by atoms with E-state index in [0.717, 1.165) is 27.2 Å². The van der Waals surface area contributed by atoms with E-state index in [1.807, 2.05) is 60.7 Å². The van der Waals surface area contributed by atoms with Gasteiger partial charge in [0.05, 0.1) is 12.6 Å². The number of carbonyl (C=O) groups is 5. The van der Waals surface area contributed by atoms with Crippen molar-refractivity contribution in [1.82, 2.24) is 26.3 Å². The molecule has 0 unspecified atom stereocenters. The lowest BCUT2D eigenvalue weighted by Gasteiger charge is -2.26. The van der Waals surface area contributed by atoms with E-state index in [-0.39, 0.29) is 31.4 Å². The summed E-state index contributed by atoms with van der Waals surface area (Å²) in [5.74, 6) is -4.32. The third kappa shape index (κ3) is 11.6. The second-order valence-corrected chi connectivity index (χ2v) is 14.0. The predicted molar refractivity (Wildman–Crippen MR) is 215 cm³/mol. The first-order valence-electron chi connectivity index (χ1n) is 18.8. The summed E-state index contributed by atoms with van der Waals surface area (Å²) in [4.78, 5) is 70.0. The van der Waals surface area contributed by atoms with Crippen LogP contribution < -0.4 is 32.7 Å². The van der Waals surface area contributed by atoms with Crippen LogP contribution in [0.3, 0.4) is 0 Å². The van der Waals surface area contributed by atoms with Crippen molar-refractivity contribution in [3.8, 4) is 5.75 Å². The average Bonchev–Trinajstić information content (AvgIpc) is 3.62. The number of para-hydroxylation sites is 1. The number of unbranched alkanes of at least 4 members (excludes halogenated alkanes) is 1. The zero-order valence-corrected chi connectivity index (χ0v) is 31.3. The number of carbonyl (C=O) groups excluding carboxylic acids is 4. The van der Waals surface area contributed by atoms with E-state index in [0.29, 0.717) is 30.5 Å². The lowest BCUT2D eigenvalue weighted by molar-refractivity contribution is -0.142. The molecular formula is C42H49N7O8. The second kappa shape index (κ2) is 20.0. The molecular weight excluding hydrogens is 731 g/mol. The molecule has 0 saturated carbocycles. The monoisotopic (exact) mass is 779 g/mol. The number of aliphatic hydroxyl groups excluding tert-OH is 1. The zero-order valence-electron chi connectivity index (χ0n) is 31.3. The highest BCUT2D eigenvalue weighted by atomic mass is 16.4. The highest BCUT2D eigenvalue weighted by Crippen LogP contribution is 2.20. The third-order valence-corrected chi connectivity index (χ3v) is 9.72. The van der Waals surface area contributed by atoms with Crippen molar-refractivity contribution in [2.24, 2.45) is 11.5 Å². The summed E-state index contributed by atoms with van der Waals surface area (Å²) in [5.41, 5.74) is 14.8. The summed E-state index contributed by atoms with van der Waals surface area (Å²) < 4.78 is 0. The number of aromatic nitrogens is 1. The van der Waals surface area contributed by atoms with Crippen LogP contribution >= 0.6 is 0 Å². The molecule has 57 heavy (non-hydrogen) atoms. The summed E-state index contributed by atoms with van der Waals surface area (Å²) in [6.45, 7) is -0.544. The van der Waals surface area contributed by atoms with Gasteiger partial charge in [0.1, 0.15) is 29.9 Å². The van der Waals surface area contributed by atoms with Crippen molar-refractivity contribution < 1.29 is 39.3 Å². The molecule has 15 heteroatoms. The van der Waals surface area contributed by atoms with E-state index in [2.05, 4.69) is 26.3 Å². The maximum absolute atomic E-state index is 14.1. The molecule has 0 aliphatic heterocycles. The Morgan fingerprint density at radius 3 is 1.98 bits per heavy atom. The van der Waals surface area contributed by atoms with Crippen LogP contribution in [0.25, 0.3) is 21.7 Å². The van der Waals surface area contributed by atoms with Gasteiger partial charge in [-0.15, -0.1) is 0 Å². The van der Waals surface area contributed by atoms with Gasteiger partial charge in [0.15, 0.2) is 0 Å². The van der Waals surface area contributed by atoms with Crippen molar-refractivity contribution in [3.63, 3.8) is 0 Å². The molecule has 15 nitrogen and oxygen atoms in total. The summed E-state index contributed by atoms with van der Waals surface area (Å²) in [6.07, 6.45) is 2.84. The summed E-state index contributed by atoms with van der Waals surface area (Å²) >= 11 is 0. The molecule has 4 aromatic carbocycles. The molecule has 4 amide bonds. The molecule has 1 aromatic heterocycles. The van der Waals surface area contributed by atoms with Crippen LogP contribution in [0, 0.1) is 0 Å². The Hall–Kier alpha value is -6.29. The van der Waals surface area contributed by atoms with Crippen molar-refractivity contribution in [2.75, 3.05) is 13.2 Å². The van der Waals surface area contributed by atoms with Gasteiger partial charge in [-0.25, -0.2) is 4.79 Å². The zero-order chi connectivity index (χ0) is 40.9. The molecule has 0 bridgehead atoms. The SMILES string of the molecule is NCCCC[C@H](NC(=O)[C@@H](Cc1c[nH]c2ccccc12)NC(=O)[C@@H](N)Cc1ccc(O)cc1)C(=O)N[C@@H](CO)C(=O)N[C@@H](Cc1ccc2ccccc2c1)C(=O)O. The number of amides is 4. The number of hydrogen-bond acceptors (Lipinski definition) is 9. The Balaban J connectivity index is 1.30. The number of H-pyrrole nitrogens is 1. The quantitative estimate of drug-likeness (QED) is 0.0510. The predicted octanol–water partition coefficient (Wildman–Crippen LogP) is 1.53. The number of nitrogens with two attached hydrogens (primary N) is 2. The van der Waals surface area contributed by atoms with E-state index in [9.17, 15) is 39.3 Å². The first-order valence-corrected chi connectivity index (χ1v) is 18.8. The number of phenols is 1. The standard InChI is InChI=1S/C42H49N7O8/c43-18-6-5-11-34(39(53)49-37(24-50)41(55)48-36(42(56)57)21-26-12-15-27-7-1-2-8-28(27)19-26)46-40(54)35(22-29-23-45-33-10-4-3-9-31(29)33)47-38(52)32(44)20-25-13-16-30(51)17-14-25/h1-4,7-10,12-17,19,23,32,34-37,45,50-51H,5-6,11,18,20-22,24,43-44H2,(H,46,54)(H,47,52)(H,48,55)(H,49,53)(H,56,57)/t32-,34-,35+,36-,37-/m0/s1. The average molecular weight is 780 g/mol. The number of phenolic OH excluding ortho intramolecular Hbond substituents is 1. The Bertz CT molecular complexity index is 2170. The van der Waals surface area contributed by atoms with Gasteiger partial charge in [-0.2, -0.15) is 0 Å². The molecule has 0 radical (unpaired) electrons. The van der Waals surface area contributed by atoms with Gasteiger partial charge in [0, 0.05) is 29.9 Å². The second-order valence-electron chi connectivity index (χ2n) is 14.0. The Kier molecular flexibility index (Phi) is 14.7. The van der Waals surface area contributed by atoms with Gasteiger partial charge in [-0.3, -0.25) is 19.2 Å². The van der Waals surface area contributed by atoms with Gasteiger partial charge < -0.3 is 53.0 Å². The first-order chi connectivity index (χ1) is 27.4. The van der Waals surface area contributed by atoms with Gasteiger partial charge in [-0.1, -0.05) is 72.8 Å². The van der Waals surface area contributed by atoms with Crippen LogP contribution in [0.5, 0.6) is 5.75 Å². The van der Waals surface area contributed by atoms with Gasteiger partial charge in [0.25, 0.3) is 0 Å². The van der Waals surface area contributed by atoms with E-state index in [1.165, 1.54) is 12.1 Å². The molecule has 0 spiro atoms. The number of fused-ring (bicyclic) bond motifs is 2. The number of aromatic hydroxyl groups is 1. The summed E-state index contributed by atoms with van der Waals surface area (Å²) in [5, 5.41) is 42.8. The van der Waals surface area contributed by atoms with Crippen LogP contribution in [0.2, 0.25) is 0 Å². The van der Waals surface area contributed by atoms with Gasteiger partial charge in [0.2, 0.25) is 23.6 Å². The van der Waals surface area contributed by atoms with Crippen molar-refractivity contribution in [2.45, 2.75) is 68.7 Å². The number of carboxylic acid groups (broad SMARTS) is 1. The molecule has 0 fully saturated rings. The van der Waals surface area contributed by atoms with Crippen molar-refractivity contribution in [3.05, 3.63) is 114 Å². The highest BCUT2D eigenvalue weighted by Gasteiger charge is 2.32. The Labute approximate surface area is 329 Å². The maximum atomic E-state index is 14.1. The molecule has 1 heterocycles. The van der Waals surface area contributed by atoms with Crippen molar-refractivity contribution in [1.29, 1.82) is 0 Å².